The molecule has 24 heavy (non-hydrogen) atoms. The van der Waals surface area contributed by atoms with Crippen LogP contribution in [0.5, 0.6) is 17.2 Å². The zero-order valence-electron chi connectivity index (χ0n) is 14.7. The van der Waals surface area contributed by atoms with E-state index in [2.05, 4.69) is 12.1 Å². The molecule has 0 unspecified atom stereocenters. The summed E-state index contributed by atoms with van der Waals surface area (Å²) < 4.78 is 16.3. The molecule has 0 fully saturated rings. The van der Waals surface area contributed by atoms with Crippen LogP contribution in [0, 0.1) is 0 Å². The van der Waals surface area contributed by atoms with Crippen molar-refractivity contribution >= 4 is 12.4 Å². The number of methoxy groups -OCH3 is 3. The van der Waals surface area contributed by atoms with Gasteiger partial charge in [0.2, 0.25) is 0 Å². The van der Waals surface area contributed by atoms with Crippen LogP contribution >= 0.6 is 12.4 Å². The monoisotopic (exact) mass is 351 g/mol. The van der Waals surface area contributed by atoms with Crippen LogP contribution < -0.4 is 19.9 Å². The number of hydrogen-bond acceptors (Lipinski definition) is 4. The number of benzene rings is 2. The van der Waals surface area contributed by atoms with Crippen molar-refractivity contribution in [3.05, 3.63) is 53.1 Å². The molecule has 0 aliphatic carbocycles. The summed E-state index contributed by atoms with van der Waals surface area (Å²) in [6.07, 6.45) is 1.52. The quantitative estimate of drug-likeness (QED) is 0.827. The lowest BCUT2D eigenvalue weighted by Crippen LogP contribution is -2.18. The minimum Gasteiger partial charge on any atom is -0.497 e. The predicted octanol–water partition coefficient (Wildman–Crippen LogP) is 3.61. The van der Waals surface area contributed by atoms with Crippen molar-refractivity contribution in [1.29, 1.82) is 0 Å². The minimum atomic E-state index is 0. The summed E-state index contributed by atoms with van der Waals surface area (Å²) in [7, 11) is 5.04. The lowest BCUT2D eigenvalue weighted by atomic mass is 9.98. The molecular weight excluding hydrogens is 326 g/mol. The van der Waals surface area contributed by atoms with Gasteiger partial charge in [0.05, 0.1) is 21.3 Å². The second-order valence-corrected chi connectivity index (χ2v) is 5.68. The van der Waals surface area contributed by atoms with E-state index in [1.165, 1.54) is 5.56 Å². The molecule has 2 aromatic rings. The molecule has 0 aliphatic heterocycles. The molecule has 132 valence electrons. The number of ether oxygens (including phenoxy) is 3. The zero-order valence-corrected chi connectivity index (χ0v) is 15.5. The van der Waals surface area contributed by atoms with Gasteiger partial charge >= 0.3 is 0 Å². The normalized spacial score (nSPS) is 11.4. The minimum absolute atomic E-state index is 0. The topological polar surface area (TPSA) is 53.7 Å². The van der Waals surface area contributed by atoms with E-state index in [1.807, 2.05) is 31.2 Å². The highest BCUT2D eigenvalue weighted by Crippen LogP contribution is 2.31. The molecule has 5 heteroatoms. The Balaban J connectivity index is 0.00000288. The standard InChI is InChI=1S/C19H25NO3.ClH/c1-13(20)9-15-11-19(23-4)16(12-18(15)22-3)10-14-5-7-17(21-2)8-6-14;/h5-8,11-13H,9-10,20H2,1-4H3;1H/t13-;/m1./s1. The molecule has 0 saturated heterocycles. The Hall–Kier alpha value is -1.91. The van der Waals surface area contributed by atoms with Gasteiger partial charge in [-0.1, -0.05) is 12.1 Å². The summed E-state index contributed by atoms with van der Waals surface area (Å²) in [4.78, 5) is 0. The van der Waals surface area contributed by atoms with Gasteiger partial charge < -0.3 is 19.9 Å². The summed E-state index contributed by atoms with van der Waals surface area (Å²) in [6, 6.07) is 12.2. The summed E-state index contributed by atoms with van der Waals surface area (Å²) in [5.74, 6) is 2.56. The first-order chi connectivity index (χ1) is 11.1. The van der Waals surface area contributed by atoms with Crippen molar-refractivity contribution < 1.29 is 14.2 Å². The van der Waals surface area contributed by atoms with Crippen molar-refractivity contribution in [2.45, 2.75) is 25.8 Å². The van der Waals surface area contributed by atoms with Gasteiger partial charge in [-0.15, -0.1) is 12.4 Å². The highest BCUT2D eigenvalue weighted by Gasteiger charge is 2.13. The first-order valence-electron chi connectivity index (χ1n) is 7.69. The van der Waals surface area contributed by atoms with Crippen LogP contribution in [-0.4, -0.2) is 27.4 Å². The molecule has 0 aromatic heterocycles. The summed E-state index contributed by atoms with van der Waals surface area (Å²) >= 11 is 0. The van der Waals surface area contributed by atoms with E-state index < -0.39 is 0 Å². The SMILES string of the molecule is COc1ccc(Cc2cc(OC)c(C[C@@H](C)N)cc2OC)cc1.Cl. The molecule has 2 rings (SSSR count). The van der Waals surface area contributed by atoms with Gasteiger partial charge in [-0.2, -0.15) is 0 Å². The van der Waals surface area contributed by atoms with E-state index in [0.717, 1.165) is 41.2 Å². The molecule has 0 radical (unpaired) electrons. The van der Waals surface area contributed by atoms with Crippen molar-refractivity contribution in [3.8, 4) is 17.2 Å². The van der Waals surface area contributed by atoms with Crippen molar-refractivity contribution in [3.63, 3.8) is 0 Å². The maximum Gasteiger partial charge on any atom is 0.122 e. The Labute approximate surface area is 150 Å². The average Bonchev–Trinajstić information content (AvgIpc) is 2.56. The van der Waals surface area contributed by atoms with Gasteiger partial charge in [0, 0.05) is 18.0 Å². The third kappa shape index (κ3) is 5.05. The van der Waals surface area contributed by atoms with E-state index in [1.54, 1.807) is 21.3 Å². The van der Waals surface area contributed by atoms with Crippen LogP contribution in [0.3, 0.4) is 0 Å². The van der Waals surface area contributed by atoms with Gasteiger partial charge in [0.25, 0.3) is 0 Å². The number of nitrogens with two attached hydrogens (primary N) is 1. The maximum atomic E-state index is 5.92. The van der Waals surface area contributed by atoms with Gasteiger partial charge in [0.1, 0.15) is 17.2 Å². The molecule has 0 spiro atoms. The van der Waals surface area contributed by atoms with Crippen LogP contribution in [0.4, 0.5) is 0 Å². The van der Waals surface area contributed by atoms with Crippen LogP contribution in [0.15, 0.2) is 36.4 Å². The first-order valence-corrected chi connectivity index (χ1v) is 7.69. The summed E-state index contributed by atoms with van der Waals surface area (Å²) in [5.41, 5.74) is 9.26. The van der Waals surface area contributed by atoms with Crippen LogP contribution in [0.1, 0.15) is 23.6 Å². The third-order valence-corrected chi connectivity index (χ3v) is 3.78. The van der Waals surface area contributed by atoms with Gasteiger partial charge in [-0.3, -0.25) is 0 Å². The molecule has 0 aliphatic rings. The van der Waals surface area contributed by atoms with E-state index in [0.29, 0.717) is 0 Å². The van der Waals surface area contributed by atoms with E-state index >= 15 is 0 Å². The fourth-order valence-corrected chi connectivity index (χ4v) is 2.63. The van der Waals surface area contributed by atoms with E-state index in [-0.39, 0.29) is 18.4 Å². The Morgan fingerprint density at radius 1 is 0.875 bits per heavy atom. The highest BCUT2D eigenvalue weighted by atomic mass is 35.5. The van der Waals surface area contributed by atoms with Gasteiger partial charge in [-0.25, -0.2) is 0 Å². The van der Waals surface area contributed by atoms with E-state index in [9.17, 15) is 0 Å². The molecule has 0 amide bonds. The molecule has 4 nitrogen and oxygen atoms in total. The maximum absolute atomic E-state index is 5.92. The lowest BCUT2D eigenvalue weighted by molar-refractivity contribution is 0.394. The van der Waals surface area contributed by atoms with Crippen LogP contribution in [0.25, 0.3) is 0 Å². The Kier molecular flexibility index (Phi) is 7.89. The predicted molar refractivity (Wildman–Crippen MR) is 99.9 cm³/mol. The van der Waals surface area contributed by atoms with Crippen molar-refractivity contribution in [2.75, 3.05) is 21.3 Å². The third-order valence-electron chi connectivity index (χ3n) is 3.78. The molecular formula is C19H26ClNO3. The largest absolute Gasteiger partial charge is 0.497 e. The number of rotatable bonds is 7. The number of halogens is 1. The molecule has 1 atom stereocenters. The zero-order chi connectivity index (χ0) is 16.8. The molecule has 2 aromatic carbocycles. The van der Waals surface area contributed by atoms with Crippen molar-refractivity contribution in [2.24, 2.45) is 5.73 Å². The van der Waals surface area contributed by atoms with E-state index in [4.69, 9.17) is 19.9 Å². The van der Waals surface area contributed by atoms with Crippen molar-refractivity contribution in [1.82, 2.24) is 0 Å². The highest BCUT2D eigenvalue weighted by molar-refractivity contribution is 5.85. The molecule has 0 saturated carbocycles. The van der Waals surface area contributed by atoms with Gasteiger partial charge in [0.15, 0.2) is 0 Å². The fourth-order valence-electron chi connectivity index (χ4n) is 2.63. The average molecular weight is 352 g/mol. The first kappa shape index (κ1) is 20.1. The Morgan fingerprint density at radius 3 is 1.92 bits per heavy atom. The second kappa shape index (κ2) is 9.40. The summed E-state index contributed by atoms with van der Waals surface area (Å²) in [6.45, 7) is 1.98. The van der Waals surface area contributed by atoms with Gasteiger partial charge in [-0.05, 0) is 48.7 Å². The smallest absolute Gasteiger partial charge is 0.122 e. The Bertz CT molecular complexity index is 642. The molecule has 0 heterocycles. The lowest BCUT2D eigenvalue weighted by Gasteiger charge is -2.16. The number of hydrogen-bond donors (Lipinski definition) is 1. The van der Waals surface area contributed by atoms with Crippen LogP contribution in [-0.2, 0) is 12.8 Å². The fraction of sp³-hybridized carbons (Fsp3) is 0.368. The van der Waals surface area contributed by atoms with Crippen LogP contribution in [0.2, 0.25) is 0 Å². The summed E-state index contributed by atoms with van der Waals surface area (Å²) in [5, 5.41) is 0. The Morgan fingerprint density at radius 2 is 1.42 bits per heavy atom. The molecule has 2 N–H and O–H groups in total. The second-order valence-electron chi connectivity index (χ2n) is 5.68. The molecule has 0 bridgehead atoms.